The summed E-state index contributed by atoms with van der Waals surface area (Å²) in [6.07, 6.45) is 3.40. The maximum Gasteiger partial charge on any atom is 0.213 e. The van der Waals surface area contributed by atoms with Gasteiger partial charge in [-0.25, -0.2) is 15.0 Å². The average Bonchev–Trinajstić information content (AvgIpc) is 2.92. The second-order valence-corrected chi connectivity index (χ2v) is 4.09. The fraction of sp³-hybridized carbons (Fsp3) is 0.462. The Morgan fingerprint density at radius 2 is 1.95 bits per heavy atom. The Balaban J connectivity index is 2.05. The first-order chi connectivity index (χ1) is 9.25. The maximum atomic E-state index is 5.54. The summed E-state index contributed by atoms with van der Waals surface area (Å²) in [6, 6.07) is 1.86. The van der Waals surface area contributed by atoms with E-state index in [1.165, 1.54) is 0 Å². The summed E-state index contributed by atoms with van der Waals surface area (Å²) in [4.78, 5) is 13.0. The van der Waals surface area contributed by atoms with E-state index in [-0.39, 0.29) is 0 Å². The molecule has 0 radical (unpaired) electrons. The summed E-state index contributed by atoms with van der Waals surface area (Å²) in [5.41, 5.74) is 0. The average molecular weight is 261 g/mol. The zero-order chi connectivity index (χ0) is 13.7. The van der Waals surface area contributed by atoms with Crippen molar-refractivity contribution in [2.45, 2.75) is 33.2 Å². The zero-order valence-electron chi connectivity index (χ0n) is 11.5. The lowest BCUT2D eigenvalue weighted by molar-refractivity contribution is 0.465. The summed E-state index contributed by atoms with van der Waals surface area (Å²) < 4.78 is 5.54. The van der Waals surface area contributed by atoms with Crippen LogP contribution in [0.4, 0.5) is 11.6 Å². The zero-order valence-corrected chi connectivity index (χ0v) is 11.5. The number of aromatic nitrogens is 3. The van der Waals surface area contributed by atoms with Crippen molar-refractivity contribution < 1.29 is 4.42 Å². The van der Waals surface area contributed by atoms with Crippen LogP contribution in [0.25, 0.3) is 0 Å². The fourth-order valence-electron chi connectivity index (χ4n) is 1.63. The Bertz CT molecular complexity index is 515. The van der Waals surface area contributed by atoms with Crippen LogP contribution < -0.4 is 10.6 Å². The van der Waals surface area contributed by atoms with Crippen LogP contribution in [-0.2, 0) is 19.4 Å². The number of nitrogens with zero attached hydrogens (tertiary/aromatic N) is 3. The van der Waals surface area contributed by atoms with Gasteiger partial charge >= 0.3 is 0 Å². The molecule has 0 aliphatic rings. The van der Waals surface area contributed by atoms with Gasteiger partial charge in [0.1, 0.15) is 23.2 Å². The van der Waals surface area contributed by atoms with E-state index in [9.17, 15) is 0 Å². The molecule has 0 fully saturated rings. The van der Waals surface area contributed by atoms with Crippen LogP contribution in [0, 0.1) is 0 Å². The summed E-state index contributed by atoms with van der Waals surface area (Å²) in [7, 11) is 1.84. The minimum absolute atomic E-state index is 0.517. The third kappa shape index (κ3) is 3.43. The highest BCUT2D eigenvalue weighted by atomic mass is 16.4. The molecule has 2 aromatic rings. The van der Waals surface area contributed by atoms with Crippen LogP contribution >= 0.6 is 0 Å². The van der Waals surface area contributed by atoms with Gasteiger partial charge in [-0.1, -0.05) is 13.8 Å². The Hall–Kier alpha value is -2.11. The van der Waals surface area contributed by atoms with Crippen molar-refractivity contribution in [1.82, 2.24) is 15.0 Å². The van der Waals surface area contributed by atoms with Crippen molar-refractivity contribution in [1.29, 1.82) is 0 Å². The lowest BCUT2D eigenvalue weighted by Crippen LogP contribution is -2.06. The van der Waals surface area contributed by atoms with Gasteiger partial charge in [-0.05, 0) is 0 Å². The number of hydrogen-bond donors (Lipinski definition) is 2. The van der Waals surface area contributed by atoms with Gasteiger partial charge in [0.15, 0.2) is 0 Å². The molecule has 0 aliphatic heterocycles. The molecule has 0 spiro atoms. The van der Waals surface area contributed by atoms with Gasteiger partial charge in [-0.15, -0.1) is 0 Å². The summed E-state index contributed by atoms with van der Waals surface area (Å²) in [5.74, 6) is 3.93. The molecule has 6 heteroatoms. The van der Waals surface area contributed by atoms with Gasteiger partial charge < -0.3 is 15.1 Å². The minimum atomic E-state index is 0.517. The fourth-order valence-corrected chi connectivity index (χ4v) is 1.63. The second kappa shape index (κ2) is 6.17. The summed E-state index contributed by atoms with van der Waals surface area (Å²) in [5, 5.41) is 6.22. The first-order valence-corrected chi connectivity index (χ1v) is 6.48. The molecular weight excluding hydrogens is 242 g/mol. The molecule has 0 saturated carbocycles. The molecule has 2 rings (SSSR count). The summed E-state index contributed by atoms with van der Waals surface area (Å²) >= 11 is 0. The number of nitrogens with one attached hydrogen (secondary N) is 2. The van der Waals surface area contributed by atoms with E-state index < -0.39 is 0 Å². The largest absolute Gasteiger partial charge is 0.444 e. The van der Waals surface area contributed by atoms with Gasteiger partial charge in [0, 0.05) is 26.0 Å². The third-order valence-corrected chi connectivity index (χ3v) is 2.72. The van der Waals surface area contributed by atoms with Crippen molar-refractivity contribution in [2.24, 2.45) is 0 Å². The van der Waals surface area contributed by atoms with Gasteiger partial charge in [0.2, 0.25) is 5.89 Å². The van der Waals surface area contributed by atoms with Gasteiger partial charge in [-0.3, -0.25) is 0 Å². The van der Waals surface area contributed by atoms with E-state index in [2.05, 4.69) is 25.6 Å². The normalized spacial score (nSPS) is 10.5. The van der Waals surface area contributed by atoms with Crippen LogP contribution in [0.1, 0.15) is 31.3 Å². The lowest BCUT2D eigenvalue weighted by Gasteiger charge is -2.07. The molecule has 6 nitrogen and oxygen atoms in total. The summed E-state index contributed by atoms with van der Waals surface area (Å²) in [6.45, 7) is 4.58. The van der Waals surface area contributed by atoms with Crippen LogP contribution in [0.15, 0.2) is 16.7 Å². The predicted molar refractivity (Wildman–Crippen MR) is 74.2 cm³/mol. The Kier molecular flexibility index (Phi) is 4.33. The quantitative estimate of drug-likeness (QED) is 0.830. The van der Waals surface area contributed by atoms with Gasteiger partial charge in [0.25, 0.3) is 0 Å². The molecule has 0 unspecified atom stereocenters. The maximum absolute atomic E-state index is 5.54. The van der Waals surface area contributed by atoms with E-state index in [1.807, 2.05) is 27.0 Å². The molecule has 0 aromatic carbocycles. The number of aryl methyl sites for hydroxylation is 2. The first kappa shape index (κ1) is 13.3. The van der Waals surface area contributed by atoms with E-state index in [0.29, 0.717) is 12.4 Å². The molecule has 0 bridgehead atoms. The second-order valence-electron chi connectivity index (χ2n) is 4.09. The van der Waals surface area contributed by atoms with Gasteiger partial charge in [-0.2, -0.15) is 0 Å². The third-order valence-electron chi connectivity index (χ3n) is 2.72. The molecule has 19 heavy (non-hydrogen) atoms. The van der Waals surface area contributed by atoms with Crippen molar-refractivity contribution in [3.05, 3.63) is 29.7 Å². The smallest absolute Gasteiger partial charge is 0.213 e. The van der Waals surface area contributed by atoms with Crippen LogP contribution in [-0.4, -0.2) is 22.0 Å². The van der Waals surface area contributed by atoms with E-state index in [4.69, 9.17) is 4.42 Å². The highest BCUT2D eigenvalue weighted by Crippen LogP contribution is 2.13. The van der Waals surface area contributed by atoms with Crippen LogP contribution in [0.5, 0.6) is 0 Å². The molecule has 2 heterocycles. The molecular formula is C13H19N5O. The molecule has 2 aromatic heterocycles. The molecule has 2 N–H and O–H groups in total. The van der Waals surface area contributed by atoms with Gasteiger partial charge in [0.05, 0.1) is 12.7 Å². The van der Waals surface area contributed by atoms with E-state index >= 15 is 0 Å². The van der Waals surface area contributed by atoms with Crippen LogP contribution in [0.2, 0.25) is 0 Å². The molecule has 0 atom stereocenters. The van der Waals surface area contributed by atoms with Crippen molar-refractivity contribution in [3.8, 4) is 0 Å². The van der Waals surface area contributed by atoms with Crippen molar-refractivity contribution >= 4 is 11.6 Å². The number of anilines is 2. The lowest BCUT2D eigenvalue weighted by atomic mass is 10.4. The molecule has 0 saturated heterocycles. The molecule has 0 aliphatic carbocycles. The Morgan fingerprint density at radius 3 is 2.58 bits per heavy atom. The standard InChI is InChI=1S/C13H19N5O/c1-4-9-7-16-13(19-9)8-15-12-6-11(14-3)17-10(5-2)18-12/h6-7H,4-5,8H2,1-3H3,(H2,14,15,17,18). The SMILES string of the molecule is CCc1nc(NC)cc(NCc2ncc(CC)o2)n1. The Labute approximate surface area is 112 Å². The monoisotopic (exact) mass is 261 g/mol. The molecule has 102 valence electrons. The number of oxazole rings is 1. The van der Waals surface area contributed by atoms with E-state index in [1.54, 1.807) is 6.20 Å². The molecule has 0 amide bonds. The highest BCUT2D eigenvalue weighted by molar-refractivity contribution is 5.47. The van der Waals surface area contributed by atoms with Crippen molar-refractivity contribution in [2.75, 3.05) is 17.7 Å². The van der Waals surface area contributed by atoms with E-state index in [0.717, 1.165) is 36.1 Å². The predicted octanol–water partition coefficient (Wildman–Crippen LogP) is 2.24. The number of hydrogen-bond acceptors (Lipinski definition) is 6. The minimum Gasteiger partial charge on any atom is -0.444 e. The highest BCUT2D eigenvalue weighted by Gasteiger charge is 2.05. The first-order valence-electron chi connectivity index (χ1n) is 6.48. The van der Waals surface area contributed by atoms with Crippen molar-refractivity contribution in [3.63, 3.8) is 0 Å². The van der Waals surface area contributed by atoms with Crippen LogP contribution in [0.3, 0.4) is 0 Å². The Morgan fingerprint density at radius 1 is 1.16 bits per heavy atom. The topological polar surface area (TPSA) is 75.9 Å². The number of rotatable bonds is 6.